The fourth-order valence-corrected chi connectivity index (χ4v) is 2.22. The highest BCUT2D eigenvalue weighted by Gasteiger charge is 2.16. The van der Waals surface area contributed by atoms with Gasteiger partial charge >= 0.3 is 0 Å². The lowest BCUT2D eigenvalue weighted by molar-refractivity contribution is -0.704. The van der Waals surface area contributed by atoms with Gasteiger partial charge in [-0.2, -0.15) is 0 Å². The van der Waals surface area contributed by atoms with Crippen LogP contribution in [-0.2, 0) is 6.54 Å². The van der Waals surface area contributed by atoms with E-state index in [1.807, 2.05) is 65.6 Å². The molecule has 0 aliphatic heterocycles. The van der Waals surface area contributed by atoms with E-state index in [9.17, 15) is 5.11 Å². The summed E-state index contributed by atoms with van der Waals surface area (Å²) in [5.74, 6) is 0. The minimum absolute atomic E-state index is 0. The highest BCUT2D eigenvalue weighted by Crippen LogP contribution is 2.23. The molecule has 0 amide bonds. The molecule has 98 valence electrons. The number of para-hydroxylation sites is 1. The van der Waals surface area contributed by atoms with Crippen LogP contribution in [0.15, 0.2) is 61.1 Å². The third-order valence-corrected chi connectivity index (χ3v) is 3.14. The molecule has 3 nitrogen and oxygen atoms in total. The first kappa shape index (κ1) is 13.8. The molecule has 0 radical (unpaired) electrons. The van der Waals surface area contributed by atoms with E-state index in [0.29, 0.717) is 6.54 Å². The standard InChI is InChI=1S/C15H15N2O.BrH/c18-15(11-17-8-4-1-5-9-17)13-10-16-14-7-3-2-6-12(13)14;/h1-10,15-16,18H,11H2;1H/q+1;/p-1. The summed E-state index contributed by atoms with van der Waals surface area (Å²) in [6, 6.07) is 13.9. The van der Waals surface area contributed by atoms with Crippen molar-refractivity contribution in [1.82, 2.24) is 4.98 Å². The van der Waals surface area contributed by atoms with Crippen LogP contribution in [0.25, 0.3) is 10.9 Å². The van der Waals surface area contributed by atoms with Crippen molar-refractivity contribution in [2.45, 2.75) is 12.6 Å². The van der Waals surface area contributed by atoms with E-state index >= 15 is 0 Å². The summed E-state index contributed by atoms with van der Waals surface area (Å²) in [5.41, 5.74) is 2.01. The van der Waals surface area contributed by atoms with Crippen molar-refractivity contribution in [2.24, 2.45) is 0 Å². The fourth-order valence-electron chi connectivity index (χ4n) is 2.22. The summed E-state index contributed by atoms with van der Waals surface area (Å²) < 4.78 is 1.98. The van der Waals surface area contributed by atoms with Gasteiger partial charge in [0, 0.05) is 34.8 Å². The van der Waals surface area contributed by atoms with Gasteiger partial charge in [-0.25, -0.2) is 4.57 Å². The summed E-state index contributed by atoms with van der Waals surface area (Å²) in [6.07, 6.45) is 5.29. The maximum atomic E-state index is 10.3. The quantitative estimate of drug-likeness (QED) is 0.610. The Bertz CT molecular complexity index is 651. The fraction of sp³-hybridized carbons (Fsp3) is 0.133. The number of hydrogen-bond acceptors (Lipinski definition) is 1. The Hall–Kier alpha value is -1.65. The zero-order valence-corrected chi connectivity index (χ0v) is 11.9. The number of hydrogen-bond donors (Lipinski definition) is 2. The molecule has 3 aromatic rings. The SMILES string of the molecule is OC(C[n+]1ccccc1)c1c[nH]c2ccccc12.[Br-]. The molecule has 1 atom stereocenters. The number of pyridine rings is 1. The van der Waals surface area contributed by atoms with Crippen LogP contribution in [0.5, 0.6) is 0 Å². The van der Waals surface area contributed by atoms with Gasteiger partial charge in [-0.15, -0.1) is 0 Å². The highest BCUT2D eigenvalue weighted by molar-refractivity contribution is 5.83. The second-order valence-corrected chi connectivity index (χ2v) is 4.38. The van der Waals surface area contributed by atoms with Gasteiger partial charge < -0.3 is 27.1 Å². The van der Waals surface area contributed by atoms with E-state index in [0.717, 1.165) is 16.5 Å². The lowest BCUT2D eigenvalue weighted by atomic mass is 10.1. The van der Waals surface area contributed by atoms with E-state index in [1.54, 1.807) is 0 Å². The number of nitrogens with zero attached hydrogens (tertiary/aromatic N) is 1. The highest BCUT2D eigenvalue weighted by atomic mass is 79.9. The Morgan fingerprint density at radius 2 is 1.79 bits per heavy atom. The van der Waals surface area contributed by atoms with Crippen molar-refractivity contribution in [3.63, 3.8) is 0 Å². The van der Waals surface area contributed by atoms with Gasteiger partial charge in [0.1, 0.15) is 6.10 Å². The van der Waals surface area contributed by atoms with E-state index < -0.39 is 6.10 Å². The molecule has 0 spiro atoms. The van der Waals surface area contributed by atoms with Gasteiger partial charge in [0.2, 0.25) is 0 Å². The summed E-state index contributed by atoms with van der Waals surface area (Å²) in [6.45, 7) is 0.558. The predicted molar refractivity (Wildman–Crippen MR) is 69.9 cm³/mol. The van der Waals surface area contributed by atoms with Crippen molar-refractivity contribution in [2.75, 3.05) is 0 Å². The number of aromatic nitrogens is 2. The molecular formula is C15H15BrN2O. The van der Waals surface area contributed by atoms with Crippen molar-refractivity contribution >= 4 is 10.9 Å². The molecule has 19 heavy (non-hydrogen) atoms. The lowest BCUT2D eigenvalue weighted by Gasteiger charge is -2.06. The van der Waals surface area contributed by atoms with E-state index in [1.165, 1.54) is 0 Å². The van der Waals surface area contributed by atoms with Gasteiger partial charge in [0.05, 0.1) is 0 Å². The average Bonchev–Trinajstić information content (AvgIpc) is 2.84. The predicted octanol–water partition coefficient (Wildman–Crippen LogP) is -0.807. The van der Waals surface area contributed by atoms with Gasteiger partial charge in [-0.05, 0) is 6.07 Å². The number of nitrogens with one attached hydrogen (secondary N) is 1. The van der Waals surface area contributed by atoms with E-state index in [4.69, 9.17) is 0 Å². The molecular weight excluding hydrogens is 304 g/mol. The number of H-pyrrole nitrogens is 1. The van der Waals surface area contributed by atoms with Crippen molar-refractivity contribution in [3.8, 4) is 0 Å². The van der Waals surface area contributed by atoms with Gasteiger partial charge in [0.15, 0.2) is 18.9 Å². The minimum Gasteiger partial charge on any atom is -1.00 e. The minimum atomic E-state index is -0.506. The molecule has 0 saturated carbocycles. The second kappa shape index (κ2) is 5.99. The van der Waals surface area contributed by atoms with Gasteiger partial charge in [0.25, 0.3) is 0 Å². The third-order valence-electron chi connectivity index (χ3n) is 3.14. The Balaban J connectivity index is 0.00000133. The maximum absolute atomic E-state index is 10.3. The zero-order valence-electron chi connectivity index (χ0n) is 10.3. The number of fused-ring (bicyclic) bond motifs is 1. The molecule has 2 N–H and O–H groups in total. The Labute approximate surface area is 122 Å². The summed E-state index contributed by atoms with van der Waals surface area (Å²) in [4.78, 5) is 3.19. The van der Waals surface area contributed by atoms with E-state index in [2.05, 4.69) is 4.98 Å². The number of aliphatic hydroxyl groups is 1. The zero-order chi connectivity index (χ0) is 12.4. The number of rotatable bonds is 3. The van der Waals surface area contributed by atoms with Crippen molar-refractivity contribution in [1.29, 1.82) is 0 Å². The number of aliphatic hydroxyl groups excluding tert-OH is 1. The summed E-state index contributed by atoms with van der Waals surface area (Å²) in [7, 11) is 0. The molecule has 0 fully saturated rings. The van der Waals surface area contributed by atoms with Crippen LogP contribution in [0.3, 0.4) is 0 Å². The number of benzene rings is 1. The summed E-state index contributed by atoms with van der Waals surface area (Å²) in [5, 5.41) is 11.4. The Morgan fingerprint density at radius 1 is 1.05 bits per heavy atom. The monoisotopic (exact) mass is 318 g/mol. The summed E-state index contributed by atoms with van der Waals surface area (Å²) >= 11 is 0. The molecule has 1 unspecified atom stereocenters. The maximum Gasteiger partial charge on any atom is 0.178 e. The van der Waals surface area contributed by atoms with Crippen LogP contribution in [0, 0.1) is 0 Å². The lowest BCUT2D eigenvalue weighted by Crippen LogP contribution is -3.00. The van der Waals surface area contributed by atoms with Crippen LogP contribution < -0.4 is 21.5 Å². The Morgan fingerprint density at radius 3 is 2.58 bits per heavy atom. The van der Waals surface area contributed by atoms with Crippen LogP contribution in [0.1, 0.15) is 11.7 Å². The Kier molecular flexibility index (Phi) is 4.35. The first-order valence-corrected chi connectivity index (χ1v) is 6.03. The normalized spacial score (nSPS) is 12.1. The smallest absolute Gasteiger partial charge is 0.178 e. The van der Waals surface area contributed by atoms with E-state index in [-0.39, 0.29) is 17.0 Å². The van der Waals surface area contributed by atoms with Crippen molar-refractivity contribution in [3.05, 3.63) is 66.6 Å². The molecule has 0 aliphatic carbocycles. The average molecular weight is 319 g/mol. The molecule has 0 aliphatic rings. The molecule has 3 rings (SSSR count). The van der Waals surface area contributed by atoms with Crippen molar-refractivity contribution < 1.29 is 26.7 Å². The third kappa shape index (κ3) is 2.85. The van der Waals surface area contributed by atoms with Gasteiger partial charge in [-0.1, -0.05) is 24.3 Å². The van der Waals surface area contributed by atoms with Gasteiger partial charge in [-0.3, -0.25) is 0 Å². The first-order chi connectivity index (χ1) is 8.84. The number of aromatic amines is 1. The van der Waals surface area contributed by atoms with Crippen LogP contribution >= 0.6 is 0 Å². The second-order valence-electron chi connectivity index (χ2n) is 4.38. The molecule has 1 aromatic carbocycles. The molecule has 4 heteroatoms. The molecule has 0 saturated heterocycles. The van der Waals surface area contributed by atoms with Crippen LogP contribution in [0.2, 0.25) is 0 Å². The number of halogens is 1. The molecule has 0 bridgehead atoms. The van der Waals surface area contributed by atoms with Crippen LogP contribution in [0.4, 0.5) is 0 Å². The van der Waals surface area contributed by atoms with Crippen LogP contribution in [-0.4, -0.2) is 10.1 Å². The molecule has 2 aromatic heterocycles. The molecule has 2 heterocycles. The topological polar surface area (TPSA) is 39.9 Å². The largest absolute Gasteiger partial charge is 1.00 e. The first-order valence-electron chi connectivity index (χ1n) is 6.03.